The Morgan fingerprint density at radius 1 is 1.30 bits per heavy atom. The van der Waals surface area contributed by atoms with Crippen molar-refractivity contribution in [3.63, 3.8) is 0 Å². The van der Waals surface area contributed by atoms with Crippen LogP contribution >= 0.6 is 0 Å². The highest BCUT2D eigenvalue weighted by atomic mass is 14.8. The summed E-state index contributed by atoms with van der Waals surface area (Å²) in [7, 11) is 0. The zero-order valence-corrected chi connectivity index (χ0v) is 6.20. The highest BCUT2D eigenvalue weighted by Crippen LogP contribution is 1.95. The maximum atomic E-state index is 4.12. The Hall–Kier alpha value is -1.18. The van der Waals surface area contributed by atoms with E-state index in [1.54, 1.807) is 12.4 Å². The Morgan fingerprint density at radius 3 is 2.60 bits per heavy atom. The Morgan fingerprint density at radius 2 is 2.10 bits per heavy atom. The van der Waals surface area contributed by atoms with Gasteiger partial charge in [-0.2, -0.15) is 0 Å². The smallest absolute Gasteiger partial charge is 0.0809 e. The average molecular weight is 134 g/mol. The first-order valence-corrected chi connectivity index (χ1v) is 3.24. The molecule has 1 rings (SSSR count). The SMILES string of the molecule is CC=Cc1cnc(C)cn1. The molecule has 0 saturated heterocycles. The van der Waals surface area contributed by atoms with Gasteiger partial charge in [0.25, 0.3) is 0 Å². The fourth-order valence-electron chi connectivity index (χ4n) is 0.659. The van der Waals surface area contributed by atoms with Gasteiger partial charge in [-0.3, -0.25) is 9.97 Å². The normalized spacial score (nSPS) is 10.6. The fourth-order valence-corrected chi connectivity index (χ4v) is 0.659. The van der Waals surface area contributed by atoms with Crippen LogP contribution in [0.3, 0.4) is 0 Å². The minimum absolute atomic E-state index is 0.910. The van der Waals surface area contributed by atoms with Crippen LogP contribution in [-0.2, 0) is 0 Å². The van der Waals surface area contributed by atoms with E-state index in [-0.39, 0.29) is 0 Å². The van der Waals surface area contributed by atoms with Gasteiger partial charge in [-0.05, 0) is 19.9 Å². The average Bonchev–Trinajstić information content (AvgIpc) is 1.95. The van der Waals surface area contributed by atoms with E-state index in [1.807, 2.05) is 26.0 Å². The molecule has 0 N–H and O–H groups in total. The number of hydrogen-bond donors (Lipinski definition) is 0. The van der Waals surface area contributed by atoms with Crippen molar-refractivity contribution in [1.29, 1.82) is 0 Å². The van der Waals surface area contributed by atoms with E-state index in [2.05, 4.69) is 9.97 Å². The van der Waals surface area contributed by atoms with Gasteiger partial charge in [0, 0.05) is 6.20 Å². The zero-order chi connectivity index (χ0) is 7.40. The molecule has 0 aliphatic rings. The third kappa shape index (κ3) is 1.65. The lowest BCUT2D eigenvalue weighted by Crippen LogP contribution is -1.85. The Bertz CT molecular complexity index is 224. The van der Waals surface area contributed by atoms with Crippen molar-refractivity contribution < 1.29 is 0 Å². The number of hydrogen-bond acceptors (Lipinski definition) is 2. The molecule has 0 amide bonds. The molecule has 0 spiro atoms. The largest absolute Gasteiger partial charge is 0.258 e. The van der Waals surface area contributed by atoms with Crippen LogP contribution in [0.25, 0.3) is 6.08 Å². The second-order valence-electron chi connectivity index (χ2n) is 2.08. The molecule has 10 heavy (non-hydrogen) atoms. The second kappa shape index (κ2) is 3.11. The summed E-state index contributed by atoms with van der Waals surface area (Å²) in [6.45, 7) is 3.88. The molecule has 2 nitrogen and oxygen atoms in total. The first-order valence-electron chi connectivity index (χ1n) is 3.24. The van der Waals surface area contributed by atoms with Crippen LogP contribution in [0, 0.1) is 6.92 Å². The number of nitrogens with zero attached hydrogens (tertiary/aromatic N) is 2. The lowest BCUT2D eigenvalue weighted by atomic mass is 10.4. The van der Waals surface area contributed by atoms with Crippen molar-refractivity contribution in [2.45, 2.75) is 13.8 Å². The molecular weight excluding hydrogens is 124 g/mol. The number of aromatic nitrogens is 2. The van der Waals surface area contributed by atoms with Crippen molar-refractivity contribution in [3.8, 4) is 0 Å². The molecule has 1 heterocycles. The first kappa shape index (κ1) is 6.93. The molecule has 1 aromatic heterocycles. The van der Waals surface area contributed by atoms with E-state index < -0.39 is 0 Å². The summed E-state index contributed by atoms with van der Waals surface area (Å²) in [5.41, 5.74) is 1.86. The fraction of sp³-hybridized carbons (Fsp3) is 0.250. The van der Waals surface area contributed by atoms with Crippen LogP contribution in [0.4, 0.5) is 0 Å². The van der Waals surface area contributed by atoms with Crippen molar-refractivity contribution in [2.75, 3.05) is 0 Å². The maximum absolute atomic E-state index is 4.12. The van der Waals surface area contributed by atoms with E-state index in [4.69, 9.17) is 0 Å². The van der Waals surface area contributed by atoms with Gasteiger partial charge in [-0.15, -0.1) is 0 Å². The Labute approximate surface area is 60.6 Å². The monoisotopic (exact) mass is 134 g/mol. The number of rotatable bonds is 1. The summed E-state index contributed by atoms with van der Waals surface area (Å²) < 4.78 is 0. The highest BCUT2D eigenvalue weighted by molar-refractivity contribution is 5.41. The van der Waals surface area contributed by atoms with E-state index in [1.165, 1.54) is 0 Å². The van der Waals surface area contributed by atoms with Crippen molar-refractivity contribution >= 4 is 6.08 Å². The summed E-state index contributed by atoms with van der Waals surface area (Å²) in [4.78, 5) is 8.20. The Balaban J connectivity index is 2.89. The summed E-state index contributed by atoms with van der Waals surface area (Å²) in [6.07, 6.45) is 7.39. The van der Waals surface area contributed by atoms with E-state index in [9.17, 15) is 0 Å². The van der Waals surface area contributed by atoms with Crippen molar-refractivity contribution in [1.82, 2.24) is 9.97 Å². The minimum Gasteiger partial charge on any atom is -0.258 e. The molecule has 0 bridgehead atoms. The zero-order valence-electron chi connectivity index (χ0n) is 6.20. The van der Waals surface area contributed by atoms with Gasteiger partial charge in [0.1, 0.15) is 0 Å². The molecule has 0 aliphatic heterocycles. The van der Waals surface area contributed by atoms with Crippen LogP contribution < -0.4 is 0 Å². The lowest BCUT2D eigenvalue weighted by Gasteiger charge is -1.90. The van der Waals surface area contributed by atoms with Gasteiger partial charge in [-0.1, -0.05) is 6.08 Å². The van der Waals surface area contributed by atoms with Gasteiger partial charge in [0.2, 0.25) is 0 Å². The molecule has 0 atom stereocenters. The van der Waals surface area contributed by atoms with Gasteiger partial charge in [0.15, 0.2) is 0 Å². The first-order chi connectivity index (χ1) is 4.83. The Kier molecular flexibility index (Phi) is 2.15. The van der Waals surface area contributed by atoms with Crippen LogP contribution in [0.5, 0.6) is 0 Å². The molecule has 0 aromatic carbocycles. The highest BCUT2D eigenvalue weighted by Gasteiger charge is 1.86. The van der Waals surface area contributed by atoms with Crippen LogP contribution in [0.1, 0.15) is 18.3 Å². The van der Waals surface area contributed by atoms with Gasteiger partial charge < -0.3 is 0 Å². The second-order valence-corrected chi connectivity index (χ2v) is 2.08. The standard InChI is InChI=1S/C8H10N2/c1-3-4-8-6-9-7(2)5-10-8/h3-6H,1-2H3. The predicted octanol–water partition coefficient (Wildman–Crippen LogP) is 1.82. The van der Waals surface area contributed by atoms with Gasteiger partial charge in [-0.25, -0.2) is 0 Å². The minimum atomic E-state index is 0.910. The molecule has 0 fully saturated rings. The molecule has 52 valence electrons. The van der Waals surface area contributed by atoms with Crippen LogP contribution in [0.15, 0.2) is 18.5 Å². The quantitative estimate of drug-likeness (QED) is 0.585. The molecular formula is C8H10N2. The third-order valence-electron chi connectivity index (χ3n) is 1.14. The molecule has 0 unspecified atom stereocenters. The number of aryl methyl sites for hydroxylation is 1. The van der Waals surface area contributed by atoms with Gasteiger partial charge in [0.05, 0.1) is 17.6 Å². The van der Waals surface area contributed by atoms with Crippen molar-refractivity contribution in [3.05, 3.63) is 29.9 Å². The maximum Gasteiger partial charge on any atom is 0.0809 e. The summed E-state index contributed by atoms with van der Waals surface area (Å²) in [5.74, 6) is 0. The molecule has 0 saturated carbocycles. The summed E-state index contributed by atoms with van der Waals surface area (Å²) in [6, 6.07) is 0. The van der Waals surface area contributed by atoms with E-state index in [0.29, 0.717) is 0 Å². The topological polar surface area (TPSA) is 25.8 Å². The molecule has 0 radical (unpaired) electrons. The third-order valence-corrected chi connectivity index (χ3v) is 1.14. The number of allylic oxidation sites excluding steroid dienone is 1. The summed E-state index contributed by atoms with van der Waals surface area (Å²) in [5, 5.41) is 0. The van der Waals surface area contributed by atoms with E-state index >= 15 is 0 Å². The van der Waals surface area contributed by atoms with Gasteiger partial charge >= 0.3 is 0 Å². The summed E-state index contributed by atoms with van der Waals surface area (Å²) >= 11 is 0. The van der Waals surface area contributed by atoms with Crippen LogP contribution in [0.2, 0.25) is 0 Å². The molecule has 0 aliphatic carbocycles. The van der Waals surface area contributed by atoms with Crippen LogP contribution in [-0.4, -0.2) is 9.97 Å². The predicted molar refractivity (Wildman–Crippen MR) is 41.5 cm³/mol. The van der Waals surface area contributed by atoms with E-state index in [0.717, 1.165) is 11.4 Å². The lowest BCUT2D eigenvalue weighted by molar-refractivity contribution is 1.10. The molecule has 1 aromatic rings. The van der Waals surface area contributed by atoms with Crippen molar-refractivity contribution in [2.24, 2.45) is 0 Å². The molecule has 2 heteroatoms.